The number of amides is 2. The smallest absolute Gasteiger partial charge is 0.311 e. The quantitative estimate of drug-likeness (QED) is 0.351. The van der Waals surface area contributed by atoms with Crippen LogP contribution in [0.1, 0.15) is 30.9 Å². The molecule has 1 spiro atoms. The summed E-state index contributed by atoms with van der Waals surface area (Å²) in [7, 11) is 0. The third-order valence-electron chi connectivity index (χ3n) is 9.04. The molecule has 0 saturated carbocycles. The van der Waals surface area contributed by atoms with Gasteiger partial charge < -0.3 is 19.6 Å². The Morgan fingerprint density at radius 2 is 1.84 bits per heavy atom. The fraction of sp³-hybridized carbons (Fsp3) is 0.406. The molecular formula is C32H33N5O5S. The van der Waals surface area contributed by atoms with E-state index >= 15 is 0 Å². The van der Waals surface area contributed by atoms with E-state index in [2.05, 4.69) is 16.4 Å². The summed E-state index contributed by atoms with van der Waals surface area (Å²) in [6.07, 6.45) is 10.5. The standard InChI is InChI=1S/C32H33N5O5S/c38-19-24(21-11-4-3-5-12-21)37-28-30(40)35(20-36-23-14-8-7-13-22(23)33-34-36)17-10-16-32(28)27(29(37)39)26-25(43-32)15-6-1-2-9-18-42-31(26)41/h3-8,10-16,24-28,38H,1-2,9,17-20H2/b15-6-/t24-,25-,26+,27+,28?,32+/m1/s1. The molecule has 4 aliphatic rings. The van der Waals surface area contributed by atoms with Crippen LogP contribution >= 0.6 is 11.8 Å². The van der Waals surface area contributed by atoms with Crippen molar-refractivity contribution in [3.05, 3.63) is 84.5 Å². The van der Waals surface area contributed by atoms with Crippen LogP contribution < -0.4 is 0 Å². The molecule has 0 radical (unpaired) electrons. The summed E-state index contributed by atoms with van der Waals surface area (Å²) in [5, 5.41) is 18.9. The Bertz CT molecular complexity index is 1610. The van der Waals surface area contributed by atoms with Crippen molar-refractivity contribution in [2.24, 2.45) is 11.8 Å². The second-order valence-corrected chi connectivity index (χ2v) is 13.0. The summed E-state index contributed by atoms with van der Waals surface area (Å²) in [6.45, 7) is 0.366. The van der Waals surface area contributed by atoms with Crippen molar-refractivity contribution in [3.63, 3.8) is 0 Å². The van der Waals surface area contributed by atoms with Crippen LogP contribution in [-0.2, 0) is 25.8 Å². The SMILES string of the molecule is O=C1OCCCC/C=C\[C@H]2S[C@]34C=CCN(Cn5nnc6ccccc65)C(=O)C3N([C@H](CO)c3ccccc3)C(=O)[C@@H]4[C@@H]12. The number of carbonyl (C=O) groups excluding carboxylic acids is 3. The van der Waals surface area contributed by atoms with E-state index in [9.17, 15) is 19.5 Å². The molecule has 0 bridgehead atoms. The maximum Gasteiger partial charge on any atom is 0.311 e. The topological polar surface area (TPSA) is 118 Å². The van der Waals surface area contributed by atoms with E-state index < -0.39 is 34.6 Å². The van der Waals surface area contributed by atoms with Crippen LogP contribution in [0.25, 0.3) is 11.0 Å². The number of carbonyl (C=O) groups is 3. The van der Waals surface area contributed by atoms with Gasteiger partial charge >= 0.3 is 5.97 Å². The molecule has 10 nitrogen and oxygen atoms in total. The molecule has 1 N–H and O–H groups in total. The first-order chi connectivity index (χ1) is 21.0. The van der Waals surface area contributed by atoms with Crippen molar-refractivity contribution in [1.82, 2.24) is 24.8 Å². The van der Waals surface area contributed by atoms with E-state index in [0.29, 0.717) is 13.2 Å². The predicted molar refractivity (Wildman–Crippen MR) is 160 cm³/mol. The summed E-state index contributed by atoms with van der Waals surface area (Å²) in [4.78, 5) is 46.3. The van der Waals surface area contributed by atoms with Crippen LogP contribution in [0.2, 0.25) is 0 Å². The maximum absolute atomic E-state index is 14.8. The van der Waals surface area contributed by atoms with Gasteiger partial charge in [-0.05, 0) is 37.0 Å². The van der Waals surface area contributed by atoms with Gasteiger partial charge in [-0.3, -0.25) is 14.4 Å². The highest BCUT2D eigenvalue weighted by atomic mass is 32.2. The number of nitrogens with zero attached hydrogens (tertiary/aromatic N) is 5. The minimum absolute atomic E-state index is 0.136. The molecular weight excluding hydrogens is 566 g/mol. The summed E-state index contributed by atoms with van der Waals surface area (Å²) in [5.74, 6) is -2.56. The number of hydrogen-bond acceptors (Lipinski definition) is 8. The van der Waals surface area contributed by atoms with Crippen LogP contribution in [-0.4, -0.2) is 83.5 Å². The van der Waals surface area contributed by atoms with Crippen LogP contribution in [0.4, 0.5) is 0 Å². The number of aliphatic hydroxyl groups excluding tert-OH is 1. The molecule has 3 aromatic rings. The number of esters is 1. The lowest BCUT2D eigenvalue weighted by atomic mass is 9.78. The Morgan fingerprint density at radius 1 is 1.02 bits per heavy atom. The largest absolute Gasteiger partial charge is 0.465 e. The monoisotopic (exact) mass is 599 g/mol. The molecule has 2 fully saturated rings. The Balaban J connectivity index is 1.34. The number of likely N-dealkylation sites (tertiary alicyclic amines) is 1. The molecule has 11 heteroatoms. The van der Waals surface area contributed by atoms with Crippen molar-refractivity contribution < 1.29 is 24.2 Å². The van der Waals surface area contributed by atoms with Crippen molar-refractivity contribution in [2.45, 2.75) is 48.0 Å². The number of hydrogen-bond donors (Lipinski definition) is 1. The van der Waals surface area contributed by atoms with Crippen LogP contribution in [0, 0.1) is 11.8 Å². The lowest BCUT2D eigenvalue weighted by Gasteiger charge is -2.38. The number of rotatable bonds is 5. The molecule has 4 aliphatic heterocycles. The van der Waals surface area contributed by atoms with E-state index in [0.717, 1.165) is 35.9 Å². The maximum atomic E-state index is 14.8. The zero-order valence-electron chi connectivity index (χ0n) is 23.6. The molecule has 43 heavy (non-hydrogen) atoms. The van der Waals surface area contributed by atoms with Crippen LogP contribution in [0.3, 0.4) is 0 Å². The normalized spacial score (nSPS) is 30.4. The highest BCUT2D eigenvalue weighted by Gasteiger charge is 2.71. The molecule has 0 aliphatic carbocycles. The average Bonchev–Trinajstić information content (AvgIpc) is 3.62. The first-order valence-corrected chi connectivity index (χ1v) is 15.7. The summed E-state index contributed by atoms with van der Waals surface area (Å²) >= 11 is 1.50. The molecule has 2 amide bonds. The molecule has 222 valence electrons. The van der Waals surface area contributed by atoms with E-state index in [-0.39, 0.29) is 30.3 Å². The zero-order valence-corrected chi connectivity index (χ0v) is 24.4. The highest BCUT2D eigenvalue weighted by Crippen LogP contribution is 2.61. The van der Waals surface area contributed by atoms with Gasteiger partial charge in [0.2, 0.25) is 11.8 Å². The van der Waals surface area contributed by atoms with Gasteiger partial charge in [0.1, 0.15) is 18.2 Å². The van der Waals surface area contributed by atoms with E-state index in [1.54, 1.807) is 14.5 Å². The van der Waals surface area contributed by atoms with E-state index in [1.807, 2.05) is 72.8 Å². The Morgan fingerprint density at radius 3 is 2.67 bits per heavy atom. The van der Waals surface area contributed by atoms with Crippen LogP contribution in [0.5, 0.6) is 0 Å². The van der Waals surface area contributed by atoms with Crippen molar-refractivity contribution >= 4 is 40.6 Å². The van der Waals surface area contributed by atoms with Crippen molar-refractivity contribution in [2.75, 3.05) is 19.8 Å². The van der Waals surface area contributed by atoms with E-state index in [1.165, 1.54) is 11.8 Å². The Labute approximate surface area is 253 Å². The van der Waals surface area contributed by atoms with Gasteiger partial charge in [0.25, 0.3) is 0 Å². The first-order valence-electron chi connectivity index (χ1n) is 14.8. The minimum atomic E-state index is -1.03. The number of thioether (sulfide) groups is 1. The molecule has 2 saturated heterocycles. The third kappa shape index (κ3) is 4.56. The minimum Gasteiger partial charge on any atom is -0.465 e. The van der Waals surface area contributed by atoms with Crippen LogP contribution in [0.15, 0.2) is 78.9 Å². The number of aliphatic hydroxyl groups is 1. The van der Waals surface area contributed by atoms with Gasteiger partial charge in [-0.2, -0.15) is 0 Å². The van der Waals surface area contributed by atoms with Gasteiger partial charge in [0.15, 0.2) is 0 Å². The van der Waals surface area contributed by atoms with Crippen molar-refractivity contribution in [1.29, 1.82) is 0 Å². The molecule has 2 aromatic carbocycles. The number of para-hydroxylation sites is 1. The second-order valence-electron chi connectivity index (χ2n) is 11.5. The van der Waals surface area contributed by atoms with Gasteiger partial charge in [-0.25, -0.2) is 4.68 Å². The lowest BCUT2D eigenvalue weighted by molar-refractivity contribution is -0.154. The lowest BCUT2D eigenvalue weighted by Crippen LogP contribution is -2.54. The summed E-state index contributed by atoms with van der Waals surface area (Å²) in [6, 6.07) is 15.1. The third-order valence-corrected chi connectivity index (χ3v) is 10.8. The number of ether oxygens (including phenoxy) is 1. The summed E-state index contributed by atoms with van der Waals surface area (Å²) in [5.41, 5.74) is 2.23. The molecule has 5 heterocycles. The Hall–Kier alpha value is -3.96. The van der Waals surface area contributed by atoms with Gasteiger partial charge in [0, 0.05) is 11.8 Å². The predicted octanol–water partition coefficient (Wildman–Crippen LogP) is 3.10. The van der Waals surface area contributed by atoms with Gasteiger partial charge in [-0.15, -0.1) is 16.9 Å². The fourth-order valence-corrected chi connectivity index (χ4v) is 9.07. The molecule has 1 aromatic heterocycles. The highest BCUT2D eigenvalue weighted by molar-refractivity contribution is 8.02. The molecule has 7 rings (SSSR count). The first kappa shape index (κ1) is 27.8. The van der Waals surface area contributed by atoms with Gasteiger partial charge in [-0.1, -0.05) is 72.0 Å². The second kappa shape index (κ2) is 11.3. The molecule has 1 unspecified atom stereocenters. The molecule has 6 atom stereocenters. The average molecular weight is 600 g/mol. The summed E-state index contributed by atoms with van der Waals surface area (Å²) < 4.78 is 6.37. The fourth-order valence-electron chi connectivity index (χ4n) is 7.08. The number of fused-ring (bicyclic) bond motifs is 3. The van der Waals surface area contributed by atoms with E-state index in [4.69, 9.17) is 4.74 Å². The number of aromatic nitrogens is 3. The number of benzene rings is 2. The van der Waals surface area contributed by atoms with Gasteiger partial charge in [0.05, 0.1) is 41.4 Å². The van der Waals surface area contributed by atoms with Crippen molar-refractivity contribution in [3.8, 4) is 0 Å². The number of allylic oxidation sites excluding steroid dienone is 1. The zero-order chi connectivity index (χ0) is 29.6. The Kier molecular flexibility index (Phi) is 7.30. The number of cyclic esters (lactones) is 1.